The highest BCUT2D eigenvalue weighted by Crippen LogP contribution is 2.25. The van der Waals surface area contributed by atoms with Gasteiger partial charge in [-0.25, -0.2) is 4.79 Å². The molecule has 0 aliphatic rings. The summed E-state index contributed by atoms with van der Waals surface area (Å²) in [6, 6.07) is 9.65. The summed E-state index contributed by atoms with van der Waals surface area (Å²) in [5.41, 5.74) is 3.62. The van der Waals surface area contributed by atoms with E-state index in [0.717, 1.165) is 35.3 Å². The zero-order valence-corrected chi connectivity index (χ0v) is 17.6. The number of aryl methyl sites for hydroxylation is 1. The molecule has 0 radical (unpaired) electrons. The number of fused-ring (bicyclic) bond motifs is 1. The Morgan fingerprint density at radius 1 is 1.23 bits per heavy atom. The van der Waals surface area contributed by atoms with Gasteiger partial charge in [-0.1, -0.05) is 6.07 Å². The summed E-state index contributed by atoms with van der Waals surface area (Å²) in [5, 5.41) is 3.73. The van der Waals surface area contributed by atoms with E-state index >= 15 is 0 Å². The van der Waals surface area contributed by atoms with Gasteiger partial charge in [0.15, 0.2) is 0 Å². The second kappa shape index (κ2) is 9.87. The average molecular weight is 405 g/mol. The monoisotopic (exact) mass is 405 g/mol. The van der Waals surface area contributed by atoms with E-state index in [1.165, 1.54) is 6.08 Å². The lowest BCUT2D eigenvalue weighted by atomic mass is 10.0. The molecule has 0 unspecified atom stereocenters. The maximum absolute atomic E-state index is 12.5. The number of carbonyl (C=O) groups excluding carboxylic acids is 1. The average Bonchev–Trinajstić information content (AvgIpc) is 2.76. The van der Waals surface area contributed by atoms with Crippen molar-refractivity contribution in [2.75, 3.05) is 24.5 Å². The molecule has 6 heteroatoms. The number of nitrogens with one attached hydrogen (secondary N) is 1. The highest BCUT2D eigenvalue weighted by Gasteiger charge is 2.13. The molecule has 0 saturated heterocycles. The molecule has 3 aromatic rings. The van der Waals surface area contributed by atoms with Gasteiger partial charge in [0.1, 0.15) is 5.58 Å². The number of benzene rings is 1. The number of anilines is 1. The van der Waals surface area contributed by atoms with Crippen LogP contribution < -0.4 is 15.8 Å². The number of nitrogens with zero attached hydrogens (tertiary/aromatic N) is 2. The normalized spacial score (nSPS) is 11.2. The second-order valence-corrected chi connectivity index (χ2v) is 7.01. The van der Waals surface area contributed by atoms with Gasteiger partial charge in [-0.3, -0.25) is 9.78 Å². The zero-order chi connectivity index (χ0) is 21.5. The van der Waals surface area contributed by atoms with Gasteiger partial charge in [0.2, 0.25) is 5.91 Å². The molecule has 30 heavy (non-hydrogen) atoms. The summed E-state index contributed by atoms with van der Waals surface area (Å²) in [7, 11) is 0. The summed E-state index contributed by atoms with van der Waals surface area (Å²) >= 11 is 0. The van der Waals surface area contributed by atoms with Gasteiger partial charge >= 0.3 is 5.63 Å². The number of carbonyl (C=O) groups is 1. The Kier molecular flexibility index (Phi) is 7.01. The van der Waals surface area contributed by atoms with Gasteiger partial charge in [0, 0.05) is 60.8 Å². The van der Waals surface area contributed by atoms with Crippen molar-refractivity contribution in [3.63, 3.8) is 0 Å². The van der Waals surface area contributed by atoms with E-state index in [-0.39, 0.29) is 11.5 Å². The van der Waals surface area contributed by atoms with Crippen LogP contribution in [0.1, 0.15) is 30.5 Å². The van der Waals surface area contributed by atoms with Gasteiger partial charge in [0.25, 0.3) is 0 Å². The Hall–Kier alpha value is -3.41. The van der Waals surface area contributed by atoms with Crippen LogP contribution in [0.25, 0.3) is 17.0 Å². The molecular weight excluding hydrogens is 378 g/mol. The standard InChI is InChI=1S/C24H27N3O3/c1-4-27(5-2)19-9-10-20-17(3)21(24(29)30-22(20)15-19)12-14-26-23(28)11-8-18-7-6-13-25-16-18/h6-11,13,15-16H,4-5,12,14H2,1-3H3,(H,26,28)/b11-8+. The third-order valence-corrected chi connectivity index (χ3v) is 5.19. The Morgan fingerprint density at radius 3 is 2.73 bits per heavy atom. The fourth-order valence-corrected chi connectivity index (χ4v) is 3.47. The molecule has 2 aromatic heterocycles. The Labute approximate surface area is 176 Å². The SMILES string of the molecule is CCN(CC)c1ccc2c(C)c(CCNC(=O)/C=C/c3cccnc3)c(=O)oc2c1. The molecule has 0 fully saturated rings. The van der Waals surface area contributed by atoms with Gasteiger partial charge < -0.3 is 14.6 Å². The summed E-state index contributed by atoms with van der Waals surface area (Å²) in [6.45, 7) is 8.24. The zero-order valence-electron chi connectivity index (χ0n) is 17.6. The van der Waals surface area contributed by atoms with E-state index in [2.05, 4.69) is 35.1 Å². The van der Waals surface area contributed by atoms with Crippen molar-refractivity contribution in [1.29, 1.82) is 0 Å². The molecule has 1 N–H and O–H groups in total. The smallest absolute Gasteiger partial charge is 0.339 e. The minimum atomic E-state index is -0.350. The van der Waals surface area contributed by atoms with Crippen molar-refractivity contribution in [2.45, 2.75) is 27.2 Å². The van der Waals surface area contributed by atoms with E-state index in [1.54, 1.807) is 18.5 Å². The first-order chi connectivity index (χ1) is 14.5. The van der Waals surface area contributed by atoms with Crippen LogP contribution in [-0.4, -0.2) is 30.5 Å². The summed E-state index contributed by atoms with van der Waals surface area (Å²) in [6.07, 6.45) is 6.93. The summed E-state index contributed by atoms with van der Waals surface area (Å²) in [5.74, 6) is -0.217. The number of pyridine rings is 1. The number of amides is 1. The van der Waals surface area contributed by atoms with Gasteiger partial charge in [-0.15, -0.1) is 0 Å². The third kappa shape index (κ3) is 4.95. The molecule has 2 heterocycles. The predicted molar refractivity (Wildman–Crippen MR) is 121 cm³/mol. The van der Waals surface area contributed by atoms with Crippen LogP contribution in [0.2, 0.25) is 0 Å². The van der Waals surface area contributed by atoms with E-state index in [1.807, 2.05) is 31.2 Å². The first-order valence-corrected chi connectivity index (χ1v) is 10.2. The maximum Gasteiger partial charge on any atom is 0.339 e. The minimum Gasteiger partial charge on any atom is -0.422 e. The highest BCUT2D eigenvalue weighted by atomic mass is 16.4. The molecule has 6 nitrogen and oxygen atoms in total. The predicted octanol–water partition coefficient (Wildman–Crippen LogP) is 3.71. The molecule has 0 atom stereocenters. The van der Waals surface area contributed by atoms with Crippen LogP contribution in [0.3, 0.4) is 0 Å². The third-order valence-electron chi connectivity index (χ3n) is 5.19. The first kappa shape index (κ1) is 21.3. The van der Waals surface area contributed by atoms with Crippen LogP contribution >= 0.6 is 0 Å². The fourth-order valence-electron chi connectivity index (χ4n) is 3.47. The molecule has 1 aromatic carbocycles. The van der Waals surface area contributed by atoms with Gasteiger partial charge in [-0.2, -0.15) is 0 Å². The molecular formula is C24H27N3O3. The van der Waals surface area contributed by atoms with Crippen molar-refractivity contribution >= 4 is 28.6 Å². The second-order valence-electron chi connectivity index (χ2n) is 7.01. The fraction of sp³-hybridized carbons (Fsp3) is 0.292. The lowest BCUT2D eigenvalue weighted by molar-refractivity contribution is -0.116. The van der Waals surface area contributed by atoms with E-state index in [9.17, 15) is 9.59 Å². The van der Waals surface area contributed by atoms with Gasteiger partial charge in [-0.05, 0) is 62.6 Å². The lowest BCUT2D eigenvalue weighted by Gasteiger charge is -2.21. The Morgan fingerprint density at radius 2 is 2.03 bits per heavy atom. The van der Waals surface area contributed by atoms with Crippen molar-refractivity contribution < 1.29 is 9.21 Å². The van der Waals surface area contributed by atoms with Crippen molar-refractivity contribution in [1.82, 2.24) is 10.3 Å². The van der Waals surface area contributed by atoms with Crippen molar-refractivity contribution in [3.05, 3.63) is 75.9 Å². The Balaban J connectivity index is 1.70. The quantitative estimate of drug-likeness (QED) is 0.457. The van der Waals surface area contributed by atoms with E-state index in [4.69, 9.17) is 4.42 Å². The van der Waals surface area contributed by atoms with Gasteiger partial charge in [0.05, 0.1) is 0 Å². The number of hydrogen-bond donors (Lipinski definition) is 1. The molecule has 0 aliphatic heterocycles. The first-order valence-electron chi connectivity index (χ1n) is 10.2. The van der Waals surface area contributed by atoms with Crippen LogP contribution in [-0.2, 0) is 11.2 Å². The molecule has 0 bridgehead atoms. The molecule has 0 saturated carbocycles. The number of aromatic nitrogens is 1. The summed E-state index contributed by atoms with van der Waals surface area (Å²) < 4.78 is 5.60. The van der Waals surface area contributed by atoms with Crippen LogP contribution in [0, 0.1) is 6.92 Å². The maximum atomic E-state index is 12.5. The number of rotatable bonds is 8. The van der Waals surface area contributed by atoms with Crippen LogP contribution in [0.4, 0.5) is 5.69 Å². The topological polar surface area (TPSA) is 75.4 Å². The molecule has 3 rings (SSSR count). The molecule has 156 valence electrons. The lowest BCUT2D eigenvalue weighted by Crippen LogP contribution is -2.25. The molecule has 0 aliphatic carbocycles. The van der Waals surface area contributed by atoms with Crippen LogP contribution in [0.15, 0.2) is 58.0 Å². The molecule has 0 spiro atoms. The summed E-state index contributed by atoms with van der Waals surface area (Å²) in [4.78, 5) is 30.8. The van der Waals surface area contributed by atoms with Crippen LogP contribution in [0.5, 0.6) is 0 Å². The minimum absolute atomic E-state index is 0.217. The molecule has 1 amide bonds. The van der Waals surface area contributed by atoms with Crippen molar-refractivity contribution in [2.24, 2.45) is 0 Å². The van der Waals surface area contributed by atoms with E-state index < -0.39 is 0 Å². The Bertz CT molecular complexity index is 1100. The number of hydrogen-bond acceptors (Lipinski definition) is 5. The largest absolute Gasteiger partial charge is 0.422 e. The van der Waals surface area contributed by atoms with Crippen molar-refractivity contribution in [3.8, 4) is 0 Å². The van der Waals surface area contributed by atoms with E-state index in [0.29, 0.717) is 24.1 Å². The highest BCUT2D eigenvalue weighted by molar-refractivity contribution is 5.91.